The molecule has 0 aliphatic heterocycles. The summed E-state index contributed by atoms with van der Waals surface area (Å²) in [6.07, 6.45) is 1.74. The fourth-order valence-electron chi connectivity index (χ4n) is 1.57. The topological polar surface area (TPSA) is 68.0 Å². The third-order valence-corrected chi connectivity index (χ3v) is 4.44. The van der Waals surface area contributed by atoms with Crippen molar-refractivity contribution in [1.29, 1.82) is 0 Å². The second-order valence-corrected chi connectivity index (χ2v) is 5.53. The fraction of sp³-hybridized carbons (Fsp3) is 0.0769. The van der Waals surface area contributed by atoms with Crippen LogP contribution in [0.3, 0.4) is 0 Å². The Balaban J connectivity index is 2.16. The molecule has 0 spiro atoms. The molecule has 0 atom stereocenters. The van der Waals surface area contributed by atoms with Crippen molar-refractivity contribution >= 4 is 33.6 Å². The Morgan fingerprint density at radius 3 is 2.84 bits per heavy atom. The second-order valence-electron chi connectivity index (χ2n) is 3.71. The standard InChI is InChI=1S/C13H12BrN3OS/c14-11-6-3-7-16-13(11)19-8-9-4-1-2-5-10(9)12(18)17-15/h1-7H,8,15H2,(H,17,18). The Morgan fingerprint density at radius 1 is 1.32 bits per heavy atom. The number of nitrogens with two attached hydrogens (primary N) is 1. The summed E-state index contributed by atoms with van der Waals surface area (Å²) in [5.41, 5.74) is 3.67. The number of hydrazine groups is 1. The van der Waals surface area contributed by atoms with Crippen molar-refractivity contribution < 1.29 is 4.79 Å². The van der Waals surface area contributed by atoms with Gasteiger partial charge in [0, 0.05) is 22.0 Å². The third kappa shape index (κ3) is 3.56. The van der Waals surface area contributed by atoms with Crippen LogP contribution in [0.1, 0.15) is 15.9 Å². The summed E-state index contributed by atoms with van der Waals surface area (Å²) in [6.45, 7) is 0. The van der Waals surface area contributed by atoms with Crippen molar-refractivity contribution in [2.45, 2.75) is 10.8 Å². The van der Waals surface area contributed by atoms with E-state index < -0.39 is 0 Å². The molecule has 0 aliphatic rings. The predicted molar refractivity (Wildman–Crippen MR) is 79.6 cm³/mol. The molecule has 1 heterocycles. The maximum atomic E-state index is 11.6. The Morgan fingerprint density at radius 2 is 2.11 bits per heavy atom. The molecule has 4 nitrogen and oxygen atoms in total. The number of thioether (sulfide) groups is 1. The van der Waals surface area contributed by atoms with Crippen LogP contribution in [-0.4, -0.2) is 10.9 Å². The van der Waals surface area contributed by atoms with Gasteiger partial charge in [-0.3, -0.25) is 10.2 Å². The molecule has 0 bridgehead atoms. The molecule has 1 aromatic heterocycles. The number of benzene rings is 1. The van der Waals surface area contributed by atoms with Gasteiger partial charge in [0.25, 0.3) is 5.91 Å². The molecule has 0 radical (unpaired) electrons. The first-order valence-corrected chi connectivity index (χ1v) is 7.32. The Labute approximate surface area is 123 Å². The number of pyridine rings is 1. The highest BCUT2D eigenvalue weighted by atomic mass is 79.9. The maximum absolute atomic E-state index is 11.6. The van der Waals surface area contributed by atoms with Crippen LogP contribution in [0, 0.1) is 0 Å². The lowest BCUT2D eigenvalue weighted by molar-refractivity contribution is 0.0953. The van der Waals surface area contributed by atoms with Gasteiger partial charge >= 0.3 is 0 Å². The number of rotatable bonds is 4. The van der Waals surface area contributed by atoms with E-state index in [0.29, 0.717) is 11.3 Å². The molecule has 98 valence electrons. The number of hydrogen-bond donors (Lipinski definition) is 2. The monoisotopic (exact) mass is 337 g/mol. The van der Waals surface area contributed by atoms with Crippen molar-refractivity contribution in [1.82, 2.24) is 10.4 Å². The summed E-state index contributed by atoms with van der Waals surface area (Å²) in [7, 11) is 0. The molecular weight excluding hydrogens is 326 g/mol. The Kier molecular flexibility index (Phi) is 4.95. The van der Waals surface area contributed by atoms with Crippen LogP contribution in [0.4, 0.5) is 0 Å². The largest absolute Gasteiger partial charge is 0.290 e. The quantitative estimate of drug-likeness (QED) is 0.389. The minimum Gasteiger partial charge on any atom is -0.290 e. The number of nitrogens with one attached hydrogen (secondary N) is 1. The van der Waals surface area contributed by atoms with Crippen LogP contribution in [0.2, 0.25) is 0 Å². The van der Waals surface area contributed by atoms with E-state index in [2.05, 4.69) is 26.3 Å². The van der Waals surface area contributed by atoms with E-state index >= 15 is 0 Å². The zero-order valence-corrected chi connectivity index (χ0v) is 12.4. The van der Waals surface area contributed by atoms with E-state index in [1.165, 1.54) is 0 Å². The van der Waals surface area contributed by atoms with Gasteiger partial charge in [0.15, 0.2) is 0 Å². The summed E-state index contributed by atoms with van der Waals surface area (Å²) in [5.74, 6) is 5.55. The van der Waals surface area contributed by atoms with Crippen LogP contribution in [0.25, 0.3) is 0 Å². The molecule has 1 aromatic carbocycles. The second kappa shape index (κ2) is 6.70. The third-order valence-electron chi connectivity index (χ3n) is 2.48. The molecule has 2 rings (SSSR count). The maximum Gasteiger partial charge on any atom is 0.265 e. The zero-order valence-electron chi connectivity index (χ0n) is 9.97. The average molecular weight is 338 g/mol. The van der Waals surface area contributed by atoms with Gasteiger partial charge in [0.05, 0.1) is 0 Å². The van der Waals surface area contributed by atoms with E-state index in [1.807, 2.05) is 30.3 Å². The number of halogens is 1. The van der Waals surface area contributed by atoms with Gasteiger partial charge in [-0.15, -0.1) is 11.8 Å². The number of carbonyl (C=O) groups is 1. The first kappa shape index (κ1) is 14.0. The molecular formula is C13H12BrN3OS. The van der Waals surface area contributed by atoms with E-state index in [-0.39, 0.29) is 5.91 Å². The van der Waals surface area contributed by atoms with Gasteiger partial charge in [0.1, 0.15) is 5.03 Å². The van der Waals surface area contributed by atoms with Crippen molar-refractivity contribution in [3.63, 3.8) is 0 Å². The first-order valence-electron chi connectivity index (χ1n) is 5.54. The lowest BCUT2D eigenvalue weighted by Crippen LogP contribution is -2.30. The predicted octanol–water partition coefficient (Wildman–Crippen LogP) is 2.74. The zero-order chi connectivity index (χ0) is 13.7. The summed E-state index contributed by atoms with van der Waals surface area (Å²) >= 11 is 5.01. The van der Waals surface area contributed by atoms with Gasteiger partial charge in [-0.1, -0.05) is 18.2 Å². The van der Waals surface area contributed by atoms with Crippen LogP contribution in [-0.2, 0) is 5.75 Å². The fourth-order valence-corrected chi connectivity index (χ4v) is 3.05. The number of hydrogen-bond acceptors (Lipinski definition) is 4. The van der Waals surface area contributed by atoms with Gasteiger partial charge in [-0.05, 0) is 39.7 Å². The molecule has 19 heavy (non-hydrogen) atoms. The number of aromatic nitrogens is 1. The molecule has 0 aliphatic carbocycles. The van der Waals surface area contributed by atoms with Crippen molar-refractivity contribution in [3.8, 4) is 0 Å². The SMILES string of the molecule is NNC(=O)c1ccccc1CSc1ncccc1Br. The van der Waals surface area contributed by atoms with Crippen LogP contribution in [0.15, 0.2) is 52.1 Å². The highest BCUT2D eigenvalue weighted by Gasteiger charge is 2.10. The summed E-state index contributed by atoms with van der Waals surface area (Å²) in [6, 6.07) is 11.2. The molecule has 6 heteroatoms. The molecule has 0 saturated heterocycles. The highest BCUT2D eigenvalue weighted by Crippen LogP contribution is 2.28. The van der Waals surface area contributed by atoms with Gasteiger partial charge in [-0.25, -0.2) is 10.8 Å². The van der Waals surface area contributed by atoms with Crippen LogP contribution in [0.5, 0.6) is 0 Å². The van der Waals surface area contributed by atoms with Crippen LogP contribution >= 0.6 is 27.7 Å². The summed E-state index contributed by atoms with van der Waals surface area (Å²) in [5, 5.41) is 0.894. The molecule has 0 fully saturated rings. The van der Waals surface area contributed by atoms with E-state index in [9.17, 15) is 4.79 Å². The first-order chi connectivity index (χ1) is 9.22. The summed E-state index contributed by atoms with van der Waals surface area (Å²) < 4.78 is 0.945. The molecule has 0 saturated carbocycles. The normalized spacial score (nSPS) is 10.2. The van der Waals surface area contributed by atoms with Crippen LogP contribution < -0.4 is 11.3 Å². The van der Waals surface area contributed by atoms with Gasteiger partial charge < -0.3 is 0 Å². The molecule has 0 unspecified atom stereocenters. The number of nitrogen functional groups attached to an aromatic ring is 1. The van der Waals surface area contributed by atoms with Crippen molar-refractivity contribution in [2.75, 3.05) is 0 Å². The lowest BCUT2D eigenvalue weighted by Gasteiger charge is -2.08. The smallest absolute Gasteiger partial charge is 0.265 e. The van der Waals surface area contributed by atoms with E-state index in [4.69, 9.17) is 5.84 Å². The lowest BCUT2D eigenvalue weighted by atomic mass is 10.1. The van der Waals surface area contributed by atoms with E-state index in [0.717, 1.165) is 15.1 Å². The average Bonchev–Trinajstić information content (AvgIpc) is 2.46. The van der Waals surface area contributed by atoms with Gasteiger partial charge in [-0.2, -0.15) is 0 Å². The minimum absolute atomic E-state index is 0.281. The Bertz CT molecular complexity index is 592. The van der Waals surface area contributed by atoms with E-state index in [1.54, 1.807) is 24.0 Å². The highest BCUT2D eigenvalue weighted by molar-refractivity contribution is 9.10. The van der Waals surface area contributed by atoms with Crippen molar-refractivity contribution in [2.24, 2.45) is 5.84 Å². The minimum atomic E-state index is -0.281. The number of carbonyl (C=O) groups excluding carboxylic acids is 1. The summed E-state index contributed by atoms with van der Waals surface area (Å²) in [4.78, 5) is 15.9. The van der Waals surface area contributed by atoms with Gasteiger partial charge in [0.2, 0.25) is 0 Å². The molecule has 2 aromatic rings. The van der Waals surface area contributed by atoms with Crippen molar-refractivity contribution in [3.05, 3.63) is 58.2 Å². The molecule has 1 amide bonds. The molecule has 3 N–H and O–H groups in total. The number of amides is 1. The number of nitrogens with zero attached hydrogens (tertiary/aromatic N) is 1. The Hall–Kier alpha value is -1.37.